The number of fused-ring (bicyclic) bond motifs is 1. The van der Waals surface area contributed by atoms with Crippen molar-refractivity contribution in [3.8, 4) is 0 Å². The van der Waals surface area contributed by atoms with E-state index in [1.54, 1.807) is 0 Å². The molecule has 3 aromatic rings. The largest absolute Gasteiger partial charge is 0.358 e. The Labute approximate surface area is 117 Å². The molecule has 1 amide bonds. The standard InChI is InChI=1S/C17H16N2O/c1-12-15(14-9-5-6-10-16(14)18-12)11-17(20)19-13-7-3-2-4-8-13/h2-10,18H,11H2,1H3,(H,19,20). The summed E-state index contributed by atoms with van der Waals surface area (Å²) in [5, 5.41) is 4.04. The Morgan fingerprint density at radius 2 is 1.75 bits per heavy atom. The molecule has 0 atom stereocenters. The normalized spacial score (nSPS) is 10.7. The number of nitrogens with one attached hydrogen (secondary N) is 2. The molecule has 0 saturated heterocycles. The quantitative estimate of drug-likeness (QED) is 0.745. The van der Waals surface area contributed by atoms with Crippen LogP contribution < -0.4 is 5.32 Å². The molecule has 0 saturated carbocycles. The molecule has 20 heavy (non-hydrogen) atoms. The van der Waals surface area contributed by atoms with Crippen LogP contribution in [0.25, 0.3) is 10.9 Å². The lowest BCUT2D eigenvalue weighted by molar-refractivity contribution is -0.115. The van der Waals surface area contributed by atoms with Gasteiger partial charge in [-0.25, -0.2) is 0 Å². The van der Waals surface area contributed by atoms with Gasteiger partial charge in [0.15, 0.2) is 0 Å². The van der Waals surface area contributed by atoms with Crippen molar-refractivity contribution >= 4 is 22.5 Å². The van der Waals surface area contributed by atoms with Gasteiger partial charge in [-0.3, -0.25) is 4.79 Å². The van der Waals surface area contributed by atoms with Crippen LogP contribution >= 0.6 is 0 Å². The summed E-state index contributed by atoms with van der Waals surface area (Å²) in [6, 6.07) is 17.6. The molecule has 0 unspecified atom stereocenters. The van der Waals surface area contributed by atoms with E-state index >= 15 is 0 Å². The number of hydrogen-bond donors (Lipinski definition) is 2. The Morgan fingerprint density at radius 1 is 1.05 bits per heavy atom. The first kappa shape index (κ1) is 12.5. The molecule has 2 N–H and O–H groups in total. The number of amides is 1. The highest BCUT2D eigenvalue weighted by atomic mass is 16.1. The van der Waals surface area contributed by atoms with E-state index in [-0.39, 0.29) is 5.91 Å². The number of anilines is 1. The van der Waals surface area contributed by atoms with Crippen molar-refractivity contribution in [1.29, 1.82) is 0 Å². The molecule has 0 aliphatic heterocycles. The predicted molar refractivity (Wildman–Crippen MR) is 81.8 cm³/mol. The Balaban J connectivity index is 1.83. The summed E-state index contributed by atoms with van der Waals surface area (Å²) in [6.07, 6.45) is 0.380. The van der Waals surface area contributed by atoms with Crippen LogP contribution in [0.15, 0.2) is 54.6 Å². The average Bonchev–Trinajstić information content (AvgIpc) is 2.76. The molecule has 3 heteroatoms. The van der Waals surface area contributed by atoms with Crippen molar-refractivity contribution in [2.75, 3.05) is 5.32 Å². The molecule has 1 heterocycles. The highest BCUT2D eigenvalue weighted by molar-refractivity contribution is 5.96. The maximum Gasteiger partial charge on any atom is 0.228 e. The van der Waals surface area contributed by atoms with Crippen LogP contribution in [0.3, 0.4) is 0 Å². The fourth-order valence-corrected chi connectivity index (χ4v) is 2.45. The van der Waals surface area contributed by atoms with E-state index in [0.29, 0.717) is 6.42 Å². The first-order chi connectivity index (χ1) is 9.74. The fourth-order valence-electron chi connectivity index (χ4n) is 2.45. The minimum atomic E-state index is 0.00375. The molecule has 0 spiro atoms. The Kier molecular flexibility index (Phi) is 3.25. The van der Waals surface area contributed by atoms with Crippen LogP contribution in [0.4, 0.5) is 5.69 Å². The van der Waals surface area contributed by atoms with E-state index in [1.807, 2.05) is 61.5 Å². The Morgan fingerprint density at radius 3 is 2.55 bits per heavy atom. The van der Waals surface area contributed by atoms with Crippen LogP contribution in [0.5, 0.6) is 0 Å². The zero-order valence-electron chi connectivity index (χ0n) is 11.3. The molecule has 0 aliphatic carbocycles. The number of H-pyrrole nitrogens is 1. The van der Waals surface area contributed by atoms with Gasteiger partial charge in [0.25, 0.3) is 0 Å². The number of rotatable bonds is 3. The highest BCUT2D eigenvalue weighted by Gasteiger charge is 2.12. The number of aromatic nitrogens is 1. The van der Waals surface area contributed by atoms with Crippen LogP contribution in [0.1, 0.15) is 11.3 Å². The highest BCUT2D eigenvalue weighted by Crippen LogP contribution is 2.22. The van der Waals surface area contributed by atoms with E-state index < -0.39 is 0 Å². The third-order valence-corrected chi connectivity index (χ3v) is 3.42. The lowest BCUT2D eigenvalue weighted by Gasteiger charge is -2.05. The molecule has 0 fully saturated rings. The number of aromatic amines is 1. The molecular weight excluding hydrogens is 248 g/mol. The Hall–Kier alpha value is -2.55. The topological polar surface area (TPSA) is 44.9 Å². The van der Waals surface area contributed by atoms with Crippen molar-refractivity contribution in [2.24, 2.45) is 0 Å². The van der Waals surface area contributed by atoms with E-state index in [0.717, 1.165) is 27.8 Å². The molecule has 0 bridgehead atoms. The third-order valence-electron chi connectivity index (χ3n) is 3.42. The first-order valence-electron chi connectivity index (χ1n) is 6.65. The summed E-state index contributed by atoms with van der Waals surface area (Å²) in [7, 11) is 0. The average molecular weight is 264 g/mol. The van der Waals surface area contributed by atoms with Gasteiger partial charge in [0.2, 0.25) is 5.91 Å². The van der Waals surface area contributed by atoms with E-state index in [9.17, 15) is 4.79 Å². The lowest BCUT2D eigenvalue weighted by Crippen LogP contribution is -2.14. The van der Waals surface area contributed by atoms with Gasteiger partial charge in [-0.2, -0.15) is 0 Å². The summed E-state index contributed by atoms with van der Waals surface area (Å²) in [6.45, 7) is 2.01. The number of aryl methyl sites for hydroxylation is 1. The van der Waals surface area contributed by atoms with Gasteiger partial charge < -0.3 is 10.3 Å². The summed E-state index contributed by atoms with van der Waals surface area (Å²) >= 11 is 0. The third kappa shape index (κ3) is 2.43. The van der Waals surface area contributed by atoms with E-state index in [4.69, 9.17) is 0 Å². The fraction of sp³-hybridized carbons (Fsp3) is 0.118. The van der Waals surface area contributed by atoms with Gasteiger partial charge in [-0.15, -0.1) is 0 Å². The molecule has 0 aliphatic rings. The molecular formula is C17H16N2O. The smallest absolute Gasteiger partial charge is 0.228 e. The van der Waals surface area contributed by atoms with Gasteiger partial charge in [0.05, 0.1) is 6.42 Å². The van der Waals surface area contributed by atoms with Crippen molar-refractivity contribution in [3.05, 3.63) is 65.9 Å². The minimum absolute atomic E-state index is 0.00375. The molecule has 1 aromatic heterocycles. The minimum Gasteiger partial charge on any atom is -0.358 e. The number of carbonyl (C=O) groups excluding carboxylic acids is 1. The second-order valence-corrected chi connectivity index (χ2v) is 4.87. The van der Waals surface area contributed by atoms with Crippen molar-refractivity contribution in [1.82, 2.24) is 4.98 Å². The summed E-state index contributed by atoms with van der Waals surface area (Å²) < 4.78 is 0. The molecule has 3 nitrogen and oxygen atoms in total. The van der Waals surface area contributed by atoms with Crippen molar-refractivity contribution in [3.63, 3.8) is 0 Å². The van der Waals surface area contributed by atoms with Crippen LogP contribution in [0.2, 0.25) is 0 Å². The first-order valence-corrected chi connectivity index (χ1v) is 6.65. The zero-order valence-corrected chi connectivity index (χ0v) is 11.3. The Bertz CT molecular complexity index is 744. The lowest BCUT2D eigenvalue weighted by atomic mass is 10.1. The number of hydrogen-bond acceptors (Lipinski definition) is 1. The molecule has 3 rings (SSSR count). The number of para-hydroxylation sites is 2. The number of carbonyl (C=O) groups is 1. The second-order valence-electron chi connectivity index (χ2n) is 4.87. The SMILES string of the molecule is Cc1[nH]c2ccccc2c1CC(=O)Nc1ccccc1. The summed E-state index contributed by atoms with van der Waals surface area (Å²) in [5.41, 5.74) is 4.02. The van der Waals surface area contributed by atoms with E-state index in [1.165, 1.54) is 0 Å². The van der Waals surface area contributed by atoms with Crippen LogP contribution in [-0.2, 0) is 11.2 Å². The van der Waals surface area contributed by atoms with Gasteiger partial charge >= 0.3 is 0 Å². The van der Waals surface area contributed by atoms with Gasteiger partial charge in [0.1, 0.15) is 0 Å². The van der Waals surface area contributed by atoms with E-state index in [2.05, 4.69) is 10.3 Å². The molecule has 2 aromatic carbocycles. The monoisotopic (exact) mass is 264 g/mol. The van der Waals surface area contributed by atoms with Crippen LogP contribution in [-0.4, -0.2) is 10.9 Å². The molecule has 100 valence electrons. The van der Waals surface area contributed by atoms with Crippen molar-refractivity contribution in [2.45, 2.75) is 13.3 Å². The van der Waals surface area contributed by atoms with Crippen LogP contribution in [0, 0.1) is 6.92 Å². The molecule has 0 radical (unpaired) electrons. The predicted octanol–water partition coefficient (Wildman–Crippen LogP) is 3.66. The number of benzene rings is 2. The van der Waals surface area contributed by atoms with Gasteiger partial charge in [-0.05, 0) is 30.7 Å². The zero-order chi connectivity index (χ0) is 13.9. The van der Waals surface area contributed by atoms with Crippen molar-refractivity contribution < 1.29 is 4.79 Å². The summed E-state index contributed by atoms with van der Waals surface area (Å²) in [5.74, 6) is 0.00375. The second kappa shape index (κ2) is 5.21. The van der Waals surface area contributed by atoms with Gasteiger partial charge in [0, 0.05) is 22.3 Å². The summed E-state index contributed by atoms with van der Waals surface area (Å²) in [4.78, 5) is 15.5. The maximum absolute atomic E-state index is 12.2. The maximum atomic E-state index is 12.2. The van der Waals surface area contributed by atoms with Gasteiger partial charge in [-0.1, -0.05) is 36.4 Å².